The van der Waals surface area contributed by atoms with E-state index in [0.29, 0.717) is 42.4 Å². The first-order chi connectivity index (χ1) is 15.5. The normalized spacial score (nSPS) is 11.3. The number of nitrogens with zero attached hydrogens (tertiary/aromatic N) is 3. The molecule has 0 unspecified atom stereocenters. The monoisotopic (exact) mass is 433 g/mol. The Morgan fingerprint density at radius 3 is 2.75 bits per heavy atom. The van der Waals surface area contributed by atoms with Crippen molar-refractivity contribution in [2.75, 3.05) is 25.6 Å². The number of hydrogen-bond acceptors (Lipinski definition) is 6. The molecule has 0 aliphatic rings. The molecule has 0 bridgehead atoms. The lowest BCUT2D eigenvalue weighted by Gasteiger charge is -2.15. The van der Waals surface area contributed by atoms with E-state index in [4.69, 9.17) is 9.47 Å². The summed E-state index contributed by atoms with van der Waals surface area (Å²) < 4.78 is 12.7. The van der Waals surface area contributed by atoms with Gasteiger partial charge in [-0.1, -0.05) is 11.8 Å². The third kappa shape index (κ3) is 7.23. The zero-order valence-electron chi connectivity index (χ0n) is 18.5. The van der Waals surface area contributed by atoms with E-state index < -0.39 is 0 Å². The number of methoxy groups -OCH3 is 1. The lowest BCUT2D eigenvalue weighted by atomic mass is 10.1. The number of ether oxygens (including phenoxy) is 2. The number of aryl methyl sites for hydroxylation is 1. The molecule has 3 aromatic rings. The first kappa shape index (κ1) is 23.0. The predicted molar refractivity (Wildman–Crippen MR) is 122 cm³/mol. The van der Waals surface area contributed by atoms with Crippen LogP contribution in [0.1, 0.15) is 28.4 Å². The number of nitrogens with one attached hydrogen (secondary N) is 2. The van der Waals surface area contributed by atoms with E-state index in [2.05, 4.69) is 32.6 Å². The highest BCUT2D eigenvalue weighted by Crippen LogP contribution is 2.19. The Hall–Kier alpha value is -3.67. The molecule has 0 fully saturated rings. The van der Waals surface area contributed by atoms with Gasteiger partial charge in [0.15, 0.2) is 5.82 Å². The molecule has 32 heavy (non-hydrogen) atoms. The fraction of sp³-hybridized carbons (Fsp3) is 0.292. The fourth-order valence-electron chi connectivity index (χ4n) is 2.96. The van der Waals surface area contributed by atoms with Crippen LogP contribution in [0.15, 0.2) is 55.0 Å². The number of amides is 1. The van der Waals surface area contributed by atoms with Crippen molar-refractivity contribution in [3.8, 4) is 17.6 Å². The summed E-state index contributed by atoms with van der Waals surface area (Å²) in [7, 11) is 3.41. The first-order valence-corrected chi connectivity index (χ1v) is 10.2. The first-order valence-electron chi connectivity index (χ1n) is 10.2. The smallest absolute Gasteiger partial charge is 0.257 e. The van der Waals surface area contributed by atoms with E-state index in [1.165, 1.54) is 0 Å². The molecule has 0 radical (unpaired) electrons. The Morgan fingerprint density at radius 1 is 1.22 bits per heavy atom. The highest BCUT2D eigenvalue weighted by molar-refractivity contribution is 6.04. The van der Waals surface area contributed by atoms with Crippen molar-refractivity contribution >= 4 is 11.7 Å². The summed E-state index contributed by atoms with van der Waals surface area (Å²) in [4.78, 5) is 16.8. The number of carbonyl (C=O) groups excluding carboxylic acids is 1. The molecule has 0 saturated heterocycles. The minimum atomic E-state index is -0.285. The van der Waals surface area contributed by atoms with E-state index in [1.807, 2.05) is 25.1 Å². The lowest BCUT2D eigenvalue weighted by Crippen LogP contribution is -2.19. The quantitative estimate of drug-likeness (QED) is 0.398. The molecular formula is C24H27N5O3. The van der Waals surface area contributed by atoms with Crippen molar-refractivity contribution in [3.63, 3.8) is 0 Å². The van der Waals surface area contributed by atoms with Gasteiger partial charge in [0.2, 0.25) is 0 Å². The van der Waals surface area contributed by atoms with E-state index in [-0.39, 0.29) is 12.0 Å². The van der Waals surface area contributed by atoms with E-state index >= 15 is 0 Å². The van der Waals surface area contributed by atoms with Crippen molar-refractivity contribution in [1.82, 2.24) is 20.1 Å². The molecule has 8 nitrogen and oxygen atoms in total. The molecule has 0 spiro atoms. The maximum atomic E-state index is 12.8. The van der Waals surface area contributed by atoms with Crippen molar-refractivity contribution in [3.05, 3.63) is 71.7 Å². The number of pyridine rings is 1. The summed E-state index contributed by atoms with van der Waals surface area (Å²) in [5.74, 6) is 6.94. The van der Waals surface area contributed by atoms with Gasteiger partial charge in [-0.25, -0.2) is 0 Å². The van der Waals surface area contributed by atoms with Crippen LogP contribution < -0.4 is 15.4 Å². The van der Waals surface area contributed by atoms with Crippen molar-refractivity contribution < 1.29 is 14.3 Å². The molecule has 1 atom stereocenters. The molecule has 0 saturated carbocycles. The van der Waals surface area contributed by atoms with Gasteiger partial charge >= 0.3 is 0 Å². The summed E-state index contributed by atoms with van der Waals surface area (Å²) in [6.07, 6.45) is 5.11. The second kappa shape index (κ2) is 11.6. The Morgan fingerprint density at radius 2 is 2.03 bits per heavy atom. The van der Waals surface area contributed by atoms with Gasteiger partial charge in [0.05, 0.1) is 13.2 Å². The Balaban J connectivity index is 1.71. The van der Waals surface area contributed by atoms with Gasteiger partial charge in [-0.2, -0.15) is 5.10 Å². The fourth-order valence-corrected chi connectivity index (χ4v) is 2.96. The number of aromatic nitrogens is 3. The number of rotatable bonds is 9. The van der Waals surface area contributed by atoms with Gasteiger partial charge < -0.3 is 20.1 Å². The van der Waals surface area contributed by atoms with Crippen LogP contribution in [0.25, 0.3) is 0 Å². The second-order valence-corrected chi connectivity index (χ2v) is 7.22. The van der Waals surface area contributed by atoms with Crippen molar-refractivity contribution in [1.29, 1.82) is 0 Å². The van der Waals surface area contributed by atoms with Crippen LogP contribution in [-0.4, -0.2) is 47.0 Å². The van der Waals surface area contributed by atoms with Gasteiger partial charge in [0, 0.05) is 56.5 Å². The molecular weight excluding hydrogens is 406 g/mol. The molecule has 2 heterocycles. The summed E-state index contributed by atoms with van der Waals surface area (Å²) in [6.45, 7) is 3.54. The summed E-state index contributed by atoms with van der Waals surface area (Å²) in [6, 6.07) is 10.9. The largest absolute Gasteiger partial charge is 0.488 e. The highest BCUT2D eigenvalue weighted by atomic mass is 16.5. The van der Waals surface area contributed by atoms with E-state index in [0.717, 1.165) is 5.56 Å². The minimum absolute atomic E-state index is 0.170. The highest BCUT2D eigenvalue weighted by Gasteiger charge is 2.12. The lowest BCUT2D eigenvalue weighted by molar-refractivity contribution is 0.0917. The maximum Gasteiger partial charge on any atom is 0.257 e. The molecule has 8 heteroatoms. The van der Waals surface area contributed by atoms with Gasteiger partial charge in [-0.05, 0) is 42.8 Å². The predicted octanol–water partition coefficient (Wildman–Crippen LogP) is 2.62. The zero-order valence-corrected chi connectivity index (χ0v) is 18.5. The molecule has 0 aliphatic heterocycles. The number of carbonyl (C=O) groups is 1. The molecule has 1 aromatic carbocycles. The van der Waals surface area contributed by atoms with Gasteiger partial charge in [0.25, 0.3) is 5.91 Å². The number of anilines is 1. The topological polar surface area (TPSA) is 90.3 Å². The summed E-state index contributed by atoms with van der Waals surface area (Å²) in [5.41, 5.74) is 2.26. The number of hydrogen-bond donors (Lipinski definition) is 2. The van der Waals surface area contributed by atoms with E-state index in [9.17, 15) is 4.79 Å². The average Bonchev–Trinajstić information content (AvgIpc) is 3.18. The third-order valence-electron chi connectivity index (χ3n) is 4.39. The SMILES string of the molecule is COC[C@H](C)Oc1cc(C#CCNCc2ccncc2)cc(C(=O)Nc2ccn(C)n2)c1. The Bertz CT molecular complexity index is 1090. The molecule has 166 valence electrons. The molecule has 3 rings (SSSR count). The Kier molecular flexibility index (Phi) is 8.37. The van der Waals surface area contributed by atoms with Crippen LogP contribution in [0, 0.1) is 11.8 Å². The summed E-state index contributed by atoms with van der Waals surface area (Å²) in [5, 5.41) is 10.2. The van der Waals surface area contributed by atoms with Crippen LogP contribution in [0.4, 0.5) is 5.82 Å². The maximum absolute atomic E-state index is 12.8. The second-order valence-electron chi connectivity index (χ2n) is 7.22. The van der Waals surface area contributed by atoms with Crippen LogP contribution in [-0.2, 0) is 18.3 Å². The van der Waals surface area contributed by atoms with Gasteiger partial charge in [0.1, 0.15) is 11.9 Å². The standard InChI is InChI=1S/C24H27N5O3/c1-18(17-31-3)32-22-14-20(5-4-9-26-16-19-6-10-25-11-7-19)13-21(15-22)24(30)27-23-8-12-29(2)28-23/h6-8,10-15,18,26H,9,16-17H2,1-3H3,(H,27,28,30)/t18-/m0/s1. The average molecular weight is 434 g/mol. The van der Waals surface area contributed by atoms with Crippen molar-refractivity contribution in [2.45, 2.75) is 19.6 Å². The third-order valence-corrected chi connectivity index (χ3v) is 4.39. The molecule has 1 amide bonds. The van der Waals surface area contributed by atoms with Gasteiger partial charge in [-0.3, -0.25) is 14.5 Å². The number of benzene rings is 1. The van der Waals surface area contributed by atoms with Crippen LogP contribution >= 0.6 is 0 Å². The van der Waals surface area contributed by atoms with E-state index in [1.54, 1.807) is 55.6 Å². The minimum Gasteiger partial charge on any atom is -0.488 e. The Labute approximate surface area is 188 Å². The molecule has 0 aliphatic carbocycles. The van der Waals surface area contributed by atoms with Crippen molar-refractivity contribution in [2.24, 2.45) is 7.05 Å². The molecule has 2 N–H and O–H groups in total. The molecule has 2 aromatic heterocycles. The van der Waals surface area contributed by atoms with Gasteiger partial charge in [-0.15, -0.1) is 0 Å². The van der Waals surface area contributed by atoms with Crippen LogP contribution in [0.3, 0.4) is 0 Å². The summed E-state index contributed by atoms with van der Waals surface area (Å²) >= 11 is 0. The van der Waals surface area contributed by atoms with Crippen LogP contribution in [0.2, 0.25) is 0 Å². The zero-order chi connectivity index (χ0) is 22.8. The van der Waals surface area contributed by atoms with Crippen LogP contribution in [0.5, 0.6) is 5.75 Å².